The Hall–Kier alpha value is -2.76. The molecule has 6 heteroatoms. The van der Waals surface area contributed by atoms with E-state index >= 15 is 0 Å². The van der Waals surface area contributed by atoms with E-state index in [9.17, 15) is 19.8 Å². The van der Waals surface area contributed by atoms with Crippen LogP contribution in [0.5, 0.6) is 0 Å². The molecule has 0 spiro atoms. The van der Waals surface area contributed by atoms with Crippen molar-refractivity contribution < 1.29 is 29.3 Å². The fraction of sp³-hybridized carbons (Fsp3) is 0.500. The maximum absolute atomic E-state index is 11.9. The fourth-order valence-electron chi connectivity index (χ4n) is 3.50. The molecule has 0 heterocycles. The smallest absolute Gasteiger partial charge is 0.336 e. The molecule has 1 rings (SSSR count). The van der Waals surface area contributed by atoms with Crippen LogP contribution in [0.1, 0.15) is 83.2 Å². The highest BCUT2D eigenvalue weighted by Gasteiger charge is 2.22. The van der Waals surface area contributed by atoms with Crippen LogP contribution in [0.25, 0.3) is 0 Å². The van der Waals surface area contributed by atoms with Gasteiger partial charge in [-0.2, -0.15) is 0 Å². The van der Waals surface area contributed by atoms with E-state index in [0.717, 1.165) is 63.4 Å². The van der Waals surface area contributed by atoms with Gasteiger partial charge in [0.05, 0.1) is 36.9 Å². The second-order valence-electron chi connectivity index (χ2n) is 7.14. The molecule has 0 aliphatic rings. The second kappa shape index (κ2) is 15.1. The zero-order valence-electron chi connectivity index (χ0n) is 17.7. The van der Waals surface area contributed by atoms with Gasteiger partial charge < -0.3 is 19.7 Å². The quantitative estimate of drug-likeness (QED) is 0.238. The Morgan fingerprint density at radius 2 is 1.30 bits per heavy atom. The first-order valence-corrected chi connectivity index (χ1v) is 10.6. The van der Waals surface area contributed by atoms with Gasteiger partial charge in [-0.05, 0) is 55.7 Å². The van der Waals surface area contributed by atoms with Crippen LogP contribution in [-0.4, -0.2) is 35.4 Å². The molecule has 0 aliphatic carbocycles. The summed E-state index contributed by atoms with van der Waals surface area (Å²) >= 11 is 0. The molecule has 0 aromatic heterocycles. The third-order valence-corrected chi connectivity index (χ3v) is 4.99. The maximum atomic E-state index is 11.9. The van der Waals surface area contributed by atoms with Crippen molar-refractivity contribution in [2.75, 3.05) is 13.2 Å². The molecule has 0 amide bonds. The predicted octanol–water partition coefficient (Wildman–Crippen LogP) is 5.61. The Morgan fingerprint density at radius 3 is 1.80 bits per heavy atom. The normalized spacial score (nSPS) is 10.4. The van der Waals surface area contributed by atoms with Crippen LogP contribution in [0.4, 0.5) is 0 Å². The molecule has 166 valence electrons. The van der Waals surface area contributed by atoms with Gasteiger partial charge in [0.15, 0.2) is 0 Å². The highest BCUT2D eigenvalue weighted by Crippen LogP contribution is 2.24. The molecule has 0 atom stereocenters. The number of aryl methyl sites for hydroxylation is 1. The third kappa shape index (κ3) is 9.16. The summed E-state index contributed by atoms with van der Waals surface area (Å²) in [7, 11) is 0. The Kier molecular flexibility index (Phi) is 12.7. The molecule has 30 heavy (non-hydrogen) atoms. The van der Waals surface area contributed by atoms with Gasteiger partial charge in [-0.15, -0.1) is 0 Å². The van der Waals surface area contributed by atoms with Gasteiger partial charge in [0.1, 0.15) is 0 Å². The van der Waals surface area contributed by atoms with Crippen molar-refractivity contribution in [2.45, 2.75) is 64.2 Å². The van der Waals surface area contributed by atoms with E-state index in [-0.39, 0.29) is 11.1 Å². The van der Waals surface area contributed by atoms with Crippen molar-refractivity contribution in [3.63, 3.8) is 0 Å². The van der Waals surface area contributed by atoms with Gasteiger partial charge >= 0.3 is 11.9 Å². The van der Waals surface area contributed by atoms with E-state index in [1.54, 1.807) is 6.07 Å². The summed E-state index contributed by atoms with van der Waals surface area (Å²) in [5, 5.41) is 19.1. The lowest BCUT2D eigenvalue weighted by Gasteiger charge is -2.15. The van der Waals surface area contributed by atoms with Gasteiger partial charge in [-0.1, -0.05) is 44.9 Å². The van der Waals surface area contributed by atoms with E-state index in [0.29, 0.717) is 25.2 Å². The number of hydrogen-bond donors (Lipinski definition) is 2. The van der Waals surface area contributed by atoms with E-state index in [2.05, 4.69) is 13.2 Å². The van der Waals surface area contributed by atoms with Gasteiger partial charge in [-0.3, -0.25) is 0 Å². The highest BCUT2D eigenvalue weighted by atomic mass is 16.5. The maximum Gasteiger partial charge on any atom is 0.336 e. The van der Waals surface area contributed by atoms with E-state index < -0.39 is 11.9 Å². The van der Waals surface area contributed by atoms with Gasteiger partial charge in [0.2, 0.25) is 0 Å². The molecule has 0 unspecified atom stereocenters. The molecule has 0 aliphatic heterocycles. The lowest BCUT2D eigenvalue weighted by Crippen LogP contribution is -2.14. The van der Waals surface area contributed by atoms with Crippen molar-refractivity contribution in [1.82, 2.24) is 0 Å². The van der Waals surface area contributed by atoms with Crippen LogP contribution in [0.2, 0.25) is 0 Å². The van der Waals surface area contributed by atoms with Gasteiger partial charge in [0.25, 0.3) is 0 Å². The van der Waals surface area contributed by atoms with Crippen molar-refractivity contribution in [3.05, 3.63) is 60.1 Å². The molecule has 0 radical (unpaired) electrons. The lowest BCUT2D eigenvalue weighted by atomic mass is 9.89. The summed E-state index contributed by atoms with van der Waals surface area (Å²) in [6.07, 6.45) is 11.7. The number of carboxylic acids is 2. The van der Waals surface area contributed by atoms with Crippen molar-refractivity contribution in [3.8, 4) is 0 Å². The van der Waals surface area contributed by atoms with E-state index in [1.165, 1.54) is 18.6 Å². The van der Waals surface area contributed by atoms with Crippen LogP contribution < -0.4 is 0 Å². The predicted molar refractivity (Wildman–Crippen MR) is 117 cm³/mol. The van der Waals surface area contributed by atoms with Gasteiger partial charge in [0, 0.05) is 0 Å². The molecular formula is C24H34O6. The molecule has 2 N–H and O–H groups in total. The average Bonchev–Trinajstić information content (AvgIpc) is 2.72. The summed E-state index contributed by atoms with van der Waals surface area (Å²) in [6.45, 7) is 8.30. The van der Waals surface area contributed by atoms with Gasteiger partial charge in [-0.25, -0.2) is 9.59 Å². The summed E-state index contributed by atoms with van der Waals surface area (Å²) in [5.41, 5.74) is 1.41. The largest absolute Gasteiger partial charge is 0.502 e. The number of unbranched alkanes of at least 4 members (excludes halogenated alkanes) is 6. The van der Waals surface area contributed by atoms with Crippen LogP contribution in [0.3, 0.4) is 0 Å². The Balaban J connectivity index is 2.78. The standard InChI is InChI=1S/C24H34O6/c1-3-29-17-11-7-5-9-13-19-15-16-21(23(25)26)22(24(27)28)20(19)14-10-6-8-12-18-30-4-2/h3-4,15-16H,1-2,5-14,17-18H2,(H,25,26)(H,27,28). The Morgan fingerprint density at radius 1 is 0.767 bits per heavy atom. The highest BCUT2D eigenvalue weighted by molar-refractivity contribution is 6.03. The molecule has 0 saturated heterocycles. The van der Waals surface area contributed by atoms with E-state index in [4.69, 9.17) is 9.47 Å². The first-order chi connectivity index (χ1) is 14.5. The first kappa shape index (κ1) is 25.3. The van der Waals surface area contributed by atoms with Crippen LogP contribution in [0.15, 0.2) is 37.8 Å². The SMILES string of the molecule is C=COCCCCCCc1ccc(C(=O)O)c(C(=O)O)c1CCCCCCOC=C. The number of benzene rings is 1. The van der Waals surface area contributed by atoms with Crippen molar-refractivity contribution in [2.24, 2.45) is 0 Å². The number of carbonyl (C=O) groups is 2. The molecule has 0 saturated carbocycles. The zero-order chi connectivity index (χ0) is 22.2. The monoisotopic (exact) mass is 418 g/mol. The molecule has 6 nitrogen and oxygen atoms in total. The third-order valence-electron chi connectivity index (χ3n) is 4.99. The first-order valence-electron chi connectivity index (χ1n) is 10.6. The Labute approximate surface area is 179 Å². The minimum absolute atomic E-state index is 0.0608. The molecule has 0 bridgehead atoms. The summed E-state index contributed by atoms with van der Waals surface area (Å²) in [6, 6.07) is 3.21. The van der Waals surface area contributed by atoms with E-state index in [1.807, 2.05) is 0 Å². The second-order valence-corrected chi connectivity index (χ2v) is 7.14. The fourth-order valence-corrected chi connectivity index (χ4v) is 3.50. The topological polar surface area (TPSA) is 93.1 Å². The molecule has 0 fully saturated rings. The van der Waals surface area contributed by atoms with Crippen molar-refractivity contribution >= 4 is 11.9 Å². The average molecular weight is 419 g/mol. The van der Waals surface area contributed by atoms with Crippen LogP contribution in [-0.2, 0) is 22.3 Å². The zero-order valence-corrected chi connectivity index (χ0v) is 17.7. The minimum Gasteiger partial charge on any atom is -0.502 e. The number of aromatic carboxylic acids is 2. The molecular weight excluding hydrogens is 384 g/mol. The van der Waals surface area contributed by atoms with Crippen LogP contribution in [0, 0.1) is 0 Å². The number of ether oxygens (including phenoxy) is 2. The number of rotatable bonds is 18. The van der Waals surface area contributed by atoms with Crippen LogP contribution >= 0.6 is 0 Å². The summed E-state index contributed by atoms with van der Waals surface area (Å²) < 4.78 is 10.2. The molecule has 1 aromatic rings. The number of carboxylic acid groups (broad SMARTS) is 2. The minimum atomic E-state index is -1.20. The van der Waals surface area contributed by atoms with Crippen molar-refractivity contribution in [1.29, 1.82) is 0 Å². The number of hydrogen-bond acceptors (Lipinski definition) is 4. The lowest BCUT2D eigenvalue weighted by molar-refractivity contribution is 0.0650. The summed E-state index contributed by atoms with van der Waals surface area (Å²) in [4.78, 5) is 23.4. The summed E-state index contributed by atoms with van der Waals surface area (Å²) in [5.74, 6) is -2.38. The Bertz CT molecular complexity index is 695. The molecule has 1 aromatic carbocycles.